The van der Waals surface area contributed by atoms with Crippen LogP contribution in [-0.4, -0.2) is 5.27 Å². The zero-order valence-corrected chi connectivity index (χ0v) is 6.25. The first-order chi connectivity index (χ1) is 5.38. The van der Waals surface area contributed by atoms with Gasteiger partial charge in [-0.25, -0.2) is 0 Å². The zero-order valence-electron chi connectivity index (χ0n) is 6.25. The fourth-order valence-electron chi connectivity index (χ4n) is 1.43. The average Bonchev–Trinajstić information content (AvgIpc) is 2.25. The van der Waals surface area contributed by atoms with Crippen molar-refractivity contribution in [3.63, 3.8) is 0 Å². The summed E-state index contributed by atoms with van der Waals surface area (Å²) in [5, 5.41) is 14.6. The van der Waals surface area contributed by atoms with E-state index in [2.05, 4.69) is 9.79 Å². The Morgan fingerprint density at radius 1 is 1.36 bits per heavy atom. The quantitative estimate of drug-likeness (QED) is 0.485. The van der Waals surface area contributed by atoms with Crippen molar-refractivity contribution in [1.82, 2.24) is 5.27 Å². The molecule has 0 saturated heterocycles. The van der Waals surface area contributed by atoms with Crippen molar-refractivity contribution in [2.45, 2.75) is 32.2 Å². The predicted octanol–water partition coefficient (Wildman–Crippen LogP) is -0.238. The minimum absolute atomic E-state index is 0.257. The molecule has 1 aliphatic rings. The number of hydrogen-bond donors (Lipinski definition) is 0. The second-order valence-electron chi connectivity index (χ2n) is 2.84. The third-order valence-corrected chi connectivity index (χ3v) is 2.05. The summed E-state index contributed by atoms with van der Waals surface area (Å²) in [5.41, 5.74) is 0.738. The van der Waals surface area contributed by atoms with Crippen LogP contribution in [0.1, 0.15) is 25.0 Å². The molecule has 2 rings (SSSR count). The molecule has 0 unspecified atom stereocenters. The number of hydrogen-bond acceptors (Lipinski definition) is 3. The van der Waals surface area contributed by atoms with E-state index in [0.717, 1.165) is 31.5 Å². The third-order valence-electron chi connectivity index (χ3n) is 2.05. The number of aryl methyl sites for hydroxylation is 1. The fraction of sp³-hybridized carbons (Fsp3) is 0.714. The van der Waals surface area contributed by atoms with Crippen molar-refractivity contribution >= 4 is 0 Å². The van der Waals surface area contributed by atoms with Crippen LogP contribution in [0.2, 0.25) is 0 Å². The molecule has 60 valence electrons. The molecule has 0 N–H and O–H groups in total. The Hall–Kier alpha value is -1.06. The smallest absolute Gasteiger partial charge is 0.233 e. The third kappa shape index (κ3) is 1.08. The lowest BCUT2D eigenvalue weighted by atomic mass is 10.2. The van der Waals surface area contributed by atoms with Crippen LogP contribution in [0.3, 0.4) is 0 Å². The van der Waals surface area contributed by atoms with Crippen molar-refractivity contribution in [3.8, 4) is 5.95 Å². The zero-order chi connectivity index (χ0) is 7.68. The normalized spacial score (nSPS) is 17.5. The lowest BCUT2D eigenvalue weighted by molar-refractivity contribution is -0.767. The lowest BCUT2D eigenvalue weighted by Crippen LogP contribution is -2.38. The first-order valence-corrected chi connectivity index (χ1v) is 3.93. The first-order valence-electron chi connectivity index (χ1n) is 3.93. The van der Waals surface area contributed by atoms with Crippen LogP contribution >= 0.6 is 0 Å². The maximum atomic E-state index is 11.0. The fourth-order valence-corrected chi connectivity index (χ4v) is 1.43. The summed E-state index contributed by atoms with van der Waals surface area (Å²) in [5.74, 6) is -0.257. The second kappa shape index (κ2) is 2.53. The highest BCUT2D eigenvalue weighted by Gasteiger charge is 2.18. The molecule has 0 amide bonds. The maximum Gasteiger partial charge on any atom is 0.233 e. The van der Waals surface area contributed by atoms with E-state index in [1.165, 1.54) is 6.42 Å². The number of fused-ring (bicyclic) bond motifs is 1. The van der Waals surface area contributed by atoms with Gasteiger partial charge < -0.3 is 9.63 Å². The topological polar surface area (TPSA) is 53.0 Å². The van der Waals surface area contributed by atoms with Gasteiger partial charge in [-0.1, -0.05) is 4.68 Å². The number of aromatic nitrogens is 2. The summed E-state index contributed by atoms with van der Waals surface area (Å²) in [6, 6.07) is 0. The molecule has 4 heteroatoms. The van der Waals surface area contributed by atoms with E-state index in [0.29, 0.717) is 0 Å². The molecule has 1 aromatic rings. The Bertz CT molecular complexity index is 257. The van der Waals surface area contributed by atoms with E-state index in [9.17, 15) is 5.11 Å². The van der Waals surface area contributed by atoms with Gasteiger partial charge >= 0.3 is 0 Å². The molecule has 0 atom stereocenters. The van der Waals surface area contributed by atoms with Crippen molar-refractivity contribution in [2.75, 3.05) is 0 Å². The standard InChI is InChI=1S/C7H10N2O2/c10-7-6-4-2-1-3-5-9(6)8-11-7/h1-5H2. The molecule has 0 bridgehead atoms. The van der Waals surface area contributed by atoms with Crippen LogP contribution in [0.15, 0.2) is 4.52 Å². The summed E-state index contributed by atoms with van der Waals surface area (Å²) in [6.45, 7) is 0.834. The lowest BCUT2D eigenvalue weighted by Gasteiger charge is -1.90. The van der Waals surface area contributed by atoms with Gasteiger partial charge in [0, 0.05) is 12.8 Å². The van der Waals surface area contributed by atoms with Crippen LogP contribution in [0.5, 0.6) is 5.95 Å². The molecule has 1 aromatic heterocycles. The molecule has 0 spiro atoms. The summed E-state index contributed by atoms with van der Waals surface area (Å²) >= 11 is 0. The number of nitrogens with zero attached hydrogens (tertiary/aromatic N) is 2. The maximum absolute atomic E-state index is 11.0. The monoisotopic (exact) mass is 154 g/mol. The highest BCUT2D eigenvalue weighted by atomic mass is 16.6. The SMILES string of the molecule is [O-]c1on[n+]2c1CCCCC2. The van der Waals surface area contributed by atoms with Gasteiger partial charge in [0.05, 0.1) is 5.27 Å². The van der Waals surface area contributed by atoms with Gasteiger partial charge in [0.25, 0.3) is 0 Å². The molecular formula is C7H10N2O2. The van der Waals surface area contributed by atoms with Crippen LogP contribution in [0, 0.1) is 0 Å². The van der Waals surface area contributed by atoms with Crippen LogP contribution in [0.25, 0.3) is 0 Å². The van der Waals surface area contributed by atoms with E-state index in [4.69, 9.17) is 0 Å². The van der Waals surface area contributed by atoms with Gasteiger partial charge in [-0.15, -0.1) is 0 Å². The van der Waals surface area contributed by atoms with E-state index < -0.39 is 0 Å². The van der Waals surface area contributed by atoms with Crippen molar-refractivity contribution in [1.29, 1.82) is 0 Å². The van der Waals surface area contributed by atoms with Gasteiger partial charge in [-0.05, 0) is 12.8 Å². The molecule has 1 aliphatic heterocycles. The Balaban J connectivity index is 2.35. The van der Waals surface area contributed by atoms with E-state index in [1.807, 2.05) is 0 Å². The van der Waals surface area contributed by atoms with E-state index in [-0.39, 0.29) is 5.95 Å². The Labute approximate surface area is 64.4 Å². The predicted molar refractivity (Wildman–Crippen MR) is 33.7 cm³/mol. The Morgan fingerprint density at radius 3 is 3.18 bits per heavy atom. The highest BCUT2D eigenvalue weighted by Crippen LogP contribution is 2.14. The van der Waals surface area contributed by atoms with Crippen molar-refractivity contribution < 1.29 is 14.3 Å². The molecule has 11 heavy (non-hydrogen) atoms. The summed E-state index contributed by atoms with van der Waals surface area (Å²) in [7, 11) is 0. The van der Waals surface area contributed by atoms with Crippen molar-refractivity contribution in [2.24, 2.45) is 0 Å². The molecule has 2 heterocycles. The molecular weight excluding hydrogens is 144 g/mol. The largest absolute Gasteiger partial charge is 0.539 e. The highest BCUT2D eigenvalue weighted by molar-refractivity contribution is 5.03. The number of rotatable bonds is 0. The van der Waals surface area contributed by atoms with Gasteiger partial charge in [-0.3, -0.25) is 0 Å². The van der Waals surface area contributed by atoms with Gasteiger partial charge in [0.2, 0.25) is 5.69 Å². The first kappa shape index (κ1) is 6.64. The molecule has 0 radical (unpaired) electrons. The Morgan fingerprint density at radius 2 is 2.27 bits per heavy atom. The van der Waals surface area contributed by atoms with Gasteiger partial charge in [0.15, 0.2) is 12.5 Å². The van der Waals surface area contributed by atoms with Crippen molar-refractivity contribution in [3.05, 3.63) is 5.69 Å². The summed E-state index contributed by atoms with van der Waals surface area (Å²) < 4.78 is 6.22. The summed E-state index contributed by atoms with van der Waals surface area (Å²) in [6.07, 6.45) is 4.19. The summed E-state index contributed by atoms with van der Waals surface area (Å²) in [4.78, 5) is 0. The molecule has 0 aromatic carbocycles. The van der Waals surface area contributed by atoms with Gasteiger partial charge in [0.1, 0.15) is 0 Å². The molecule has 0 fully saturated rings. The average molecular weight is 154 g/mol. The van der Waals surface area contributed by atoms with Gasteiger partial charge in [-0.2, -0.15) is 0 Å². The minimum Gasteiger partial charge on any atom is -0.539 e. The molecule has 0 aliphatic carbocycles. The molecule has 0 saturated carbocycles. The van der Waals surface area contributed by atoms with Crippen LogP contribution in [0.4, 0.5) is 0 Å². The van der Waals surface area contributed by atoms with E-state index in [1.54, 1.807) is 4.68 Å². The minimum atomic E-state index is -0.257. The Kier molecular flexibility index (Phi) is 1.52. The molecule has 4 nitrogen and oxygen atoms in total. The van der Waals surface area contributed by atoms with Crippen LogP contribution in [-0.2, 0) is 13.0 Å². The van der Waals surface area contributed by atoms with E-state index >= 15 is 0 Å². The second-order valence-corrected chi connectivity index (χ2v) is 2.84. The van der Waals surface area contributed by atoms with Crippen LogP contribution < -0.4 is 9.79 Å².